The van der Waals surface area contributed by atoms with Crippen LogP contribution in [-0.2, 0) is 10.8 Å². The van der Waals surface area contributed by atoms with Gasteiger partial charge in [-0.15, -0.1) is 0 Å². The van der Waals surface area contributed by atoms with Gasteiger partial charge in [-0.2, -0.15) is 0 Å². The Morgan fingerprint density at radius 1 is 1.32 bits per heavy atom. The molecule has 0 saturated heterocycles. The number of hydrogen-bond acceptors (Lipinski definition) is 1. The van der Waals surface area contributed by atoms with Gasteiger partial charge in [0.15, 0.2) is 8.32 Å². The largest absolute Gasteiger partial charge is 0.414 e. The normalized spacial score (nSPS) is 14.5. The molecule has 1 atom stereocenters. The van der Waals surface area contributed by atoms with Crippen molar-refractivity contribution in [2.45, 2.75) is 58.4 Å². The molecule has 0 N–H and O–H groups in total. The molecule has 0 aliphatic rings. The van der Waals surface area contributed by atoms with Crippen molar-refractivity contribution >= 4 is 35.8 Å². The van der Waals surface area contributed by atoms with Crippen LogP contribution in [0.2, 0.25) is 23.2 Å². The summed E-state index contributed by atoms with van der Waals surface area (Å²) in [6.45, 7) is 13.5. The molecule has 1 aromatic carbocycles. The van der Waals surface area contributed by atoms with Crippen LogP contribution in [0.4, 0.5) is 0 Å². The van der Waals surface area contributed by atoms with Crippen LogP contribution in [0.1, 0.15) is 33.3 Å². The molecule has 19 heavy (non-hydrogen) atoms. The van der Waals surface area contributed by atoms with E-state index in [0.29, 0.717) is 0 Å². The lowest BCUT2D eigenvalue weighted by molar-refractivity contribution is 0.199. The Bertz CT molecular complexity index is 440. The van der Waals surface area contributed by atoms with Crippen LogP contribution < -0.4 is 0 Å². The van der Waals surface area contributed by atoms with E-state index in [-0.39, 0.29) is 11.1 Å². The first kappa shape index (κ1) is 17.2. The summed E-state index contributed by atoms with van der Waals surface area (Å²) in [5.74, 6) is 0. The molecule has 1 aromatic rings. The second-order valence-electron chi connectivity index (χ2n) is 6.63. The average molecular weight is 364 g/mol. The van der Waals surface area contributed by atoms with Crippen molar-refractivity contribution in [3.63, 3.8) is 0 Å². The Balaban J connectivity index is 2.73. The van der Waals surface area contributed by atoms with Crippen molar-refractivity contribution < 1.29 is 4.43 Å². The highest BCUT2D eigenvalue weighted by Gasteiger charge is 2.38. The molecule has 0 aliphatic heterocycles. The Labute approximate surface area is 132 Å². The summed E-state index contributed by atoms with van der Waals surface area (Å²) in [5, 5.41) is 1.05. The van der Waals surface area contributed by atoms with E-state index < -0.39 is 8.32 Å². The zero-order valence-electron chi connectivity index (χ0n) is 12.7. The van der Waals surface area contributed by atoms with Crippen molar-refractivity contribution in [3.8, 4) is 0 Å². The van der Waals surface area contributed by atoms with E-state index in [0.717, 1.165) is 21.5 Å². The van der Waals surface area contributed by atoms with Crippen molar-refractivity contribution in [2.24, 2.45) is 0 Å². The van der Waals surface area contributed by atoms with Crippen LogP contribution in [-0.4, -0.2) is 14.4 Å². The lowest BCUT2D eigenvalue weighted by Gasteiger charge is -2.38. The molecule has 0 heterocycles. The number of halogens is 2. The fraction of sp³-hybridized carbons (Fsp3) is 0.600. The van der Waals surface area contributed by atoms with Crippen molar-refractivity contribution in [2.75, 3.05) is 0 Å². The van der Waals surface area contributed by atoms with Gasteiger partial charge in [0.05, 0.1) is 0 Å². The molecule has 0 saturated carbocycles. The zero-order chi connectivity index (χ0) is 14.8. The van der Waals surface area contributed by atoms with E-state index in [1.807, 2.05) is 12.1 Å². The maximum absolute atomic E-state index is 6.36. The highest BCUT2D eigenvalue weighted by Crippen LogP contribution is 2.37. The van der Waals surface area contributed by atoms with Crippen LogP contribution in [0.3, 0.4) is 0 Å². The molecule has 0 fully saturated rings. The second kappa shape index (κ2) is 6.29. The molecule has 0 aromatic heterocycles. The van der Waals surface area contributed by atoms with E-state index in [2.05, 4.69) is 62.8 Å². The summed E-state index contributed by atoms with van der Waals surface area (Å²) in [5.41, 5.74) is 1.15. The second-order valence-corrected chi connectivity index (χ2v) is 12.7. The van der Waals surface area contributed by atoms with Crippen LogP contribution in [0.25, 0.3) is 0 Å². The van der Waals surface area contributed by atoms with Gasteiger partial charge in [0.2, 0.25) is 0 Å². The van der Waals surface area contributed by atoms with Gasteiger partial charge < -0.3 is 4.43 Å². The molecule has 108 valence electrons. The van der Waals surface area contributed by atoms with E-state index >= 15 is 0 Å². The fourth-order valence-electron chi connectivity index (χ4n) is 1.72. The van der Waals surface area contributed by atoms with Gasteiger partial charge in [-0.1, -0.05) is 54.4 Å². The summed E-state index contributed by atoms with van der Waals surface area (Å²) in [6, 6.07) is 6.04. The third-order valence-corrected chi connectivity index (χ3v) is 9.27. The molecule has 0 aliphatic carbocycles. The summed E-state index contributed by atoms with van der Waals surface area (Å²) in [4.78, 5) is 0. The van der Waals surface area contributed by atoms with Gasteiger partial charge in [0.1, 0.15) is 0 Å². The van der Waals surface area contributed by atoms with Crippen LogP contribution in [0.5, 0.6) is 0 Å². The third kappa shape index (κ3) is 4.89. The van der Waals surface area contributed by atoms with Gasteiger partial charge >= 0.3 is 0 Å². The first-order valence-corrected chi connectivity index (χ1v) is 10.7. The van der Waals surface area contributed by atoms with Gasteiger partial charge in [-0.3, -0.25) is 0 Å². The number of benzene rings is 1. The maximum atomic E-state index is 6.36. The quantitative estimate of drug-likeness (QED) is 0.591. The van der Waals surface area contributed by atoms with Crippen LogP contribution in [0.15, 0.2) is 22.7 Å². The summed E-state index contributed by atoms with van der Waals surface area (Å²) in [6.07, 6.45) is 1.05. The van der Waals surface area contributed by atoms with Crippen molar-refractivity contribution in [1.29, 1.82) is 0 Å². The molecule has 0 spiro atoms. The highest BCUT2D eigenvalue weighted by molar-refractivity contribution is 9.10. The molecule has 1 rings (SSSR count). The van der Waals surface area contributed by atoms with Crippen molar-refractivity contribution in [1.82, 2.24) is 0 Å². The van der Waals surface area contributed by atoms with Gasteiger partial charge in [0, 0.05) is 15.6 Å². The highest BCUT2D eigenvalue weighted by atomic mass is 79.9. The molecule has 0 bridgehead atoms. The predicted octanol–water partition coefficient (Wildman–Crippen LogP) is 6.06. The molecule has 1 nitrogen and oxygen atoms in total. The summed E-state index contributed by atoms with van der Waals surface area (Å²) >= 11 is 9.69. The Morgan fingerprint density at radius 2 is 1.89 bits per heavy atom. The third-order valence-electron chi connectivity index (χ3n) is 3.82. The van der Waals surface area contributed by atoms with E-state index in [1.54, 1.807) is 0 Å². The van der Waals surface area contributed by atoms with Crippen LogP contribution >= 0.6 is 27.5 Å². The standard InChI is InChI=1S/C15H24BrClOSi/c1-11(18-19(5,6)15(2,3)4)9-12-7-8-13(16)10-14(12)17/h7-8,10-11H,9H2,1-6H3. The van der Waals surface area contributed by atoms with Gasteiger partial charge in [-0.05, 0) is 49.2 Å². The molecule has 4 heteroatoms. The minimum Gasteiger partial charge on any atom is -0.414 e. The lowest BCUT2D eigenvalue weighted by atomic mass is 10.1. The van der Waals surface area contributed by atoms with E-state index in [4.69, 9.17) is 16.0 Å². The molecule has 1 unspecified atom stereocenters. The first-order valence-electron chi connectivity index (χ1n) is 6.64. The minimum absolute atomic E-state index is 0.194. The van der Waals surface area contributed by atoms with Crippen molar-refractivity contribution in [3.05, 3.63) is 33.3 Å². The first-order chi connectivity index (χ1) is 8.53. The monoisotopic (exact) mass is 362 g/mol. The summed E-state index contributed by atoms with van der Waals surface area (Å²) < 4.78 is 7.37. The molecule has 0 amide bonds. The number of rotatable bonds is 4. The SMILES string of the molecule is CC(Cc1ccc(Br)cc1Cl)O[Si](C)(C)C(C)(C)C. The van der Waals surface area contributed by atoms with E-state index in [1.165, 1.54) is 0 Å². The van der Waals surface area contributed by atoms with E-state index in [9.17, 15) is 0 Å². The molecule has 0 radical (unpaired) electrons. The molecular weight excluding hydrogens is 340 g/mol. The Morgan fingerprint density at radius 3 is 2.37 bits per heavy atom. The minimum atomic E-state index is -1.70. The maximum Gasteiger partial charge on any atom is 0.192 e. The fourth-order valence-corrected chi connectivity index (χ4v) is 3.91. The van der Waals surface area contributed by atoms with Gasteiger partial charge in [0.25, 0.3) is 0 Å². The lowest BCUT2D eigenvalue weighted by Crippen LogP contribution is -2.43. The van der Waals surface area contributed by atoms with Gasteiger partial charge in [-0.25, -0.2) is 0 Å². The summed E-state index contributed by atoms with van der Waals surface area (Å²) in [7, 11) is -1.70. The zero-order valence-corrected chi connectivity index (χ0v) is 16.0. The van der Waals surface area contributed by atoms with Crippen LogP contribution in [0, 0.1) is 0 Å². The molecular formula is C15H24BrClOSi. The Kier molecular flexibility index (Phi) is 5.70. The Hall–Kier alpha value is 0.167. The smallest absolute Gasteiger partial charge is 0.192 e. The topological polar surface area (TPSA) is 9.23 Å². The predicted molar refractivity (Wildman–Crippen MR) is 90.6 cm³/mol. The number of hydrogen-bond donors (Lipinski definition) is 0. The average Bonchev–Trinajstić information content (AvgIpc) is 2.19.